The van der Waals surface area contributed by atoms with Crippen LogP contribution in [0.5, 0.6) is 0 Å². The maximum atomic E-state index is 6.70. The molecule has 0 N–H and O–H groups in total. The van der Waals surface area contributed by atoms with Crippen molar-refractivity contribution in [3.05, 3.63) is 206 Å². The number of anilines is 3. The zero-order valence-electron chi connectivity index (χ0n) is 30.0. The molecule has 0 saturated heterocycles. The Balaban J connectivity index is 1.23. The number of fused-ring (bicyclic) bond motifs is 6. The summed E-state index contributed by atoms with van der Waals surface area (Å²) in [6, 6.07) is 65.1. The average Bonchev–Trinajstić information content (AvgIpc) is 3.82. The summed E-state index contributed by atoms with van der Waals surface area (Å²) in [5.74, 6) is 0. The number of hydrogen-bond donors (Lipinski definition) is 0. The Morgan fingerprint density at radius 3 is 1.80 bits per heavy atom. The van der Waals surface area contributed by atoms with Crippen LogP contribution in [0.25, 0.3) is 81.6 Å². The molecule has 2 nitrogen and oxygen atoms in total. The van der Waals surface area contributed by atoms with Gasteiger partial charge >= 0.3 is 0 Å². The number of hydrogen-bond acceptors (Lipinski definition) is 3. The molecule has 0 aliphatic heterocycles. The van der Waals surface area contributed by atoms with Gasteiger partial charge in [0.25, 0.3) is 0 Å². The number of thiophene rings is 1. The first kappa shape index (κ1) is 32.7. The standard InChI is InChI=1S/C52H35NOS/c1-2-3-15-38-22-13-14-23-46(38)53(41-26-29-44-43-27-24-39(35-16-7-4-8-17-35)32-48(43)54-49(44)34-41)47-31-30-42(37-20-11-6-12-21-37)52-51(47)45-28-25-40(33-50(45)55-52)36-18-9-5-10-19-36/h2-34H,1H2/b15-3-. The fraction of sp³-hybridized carbons (Fsp3) is 0. The summed E-state index contributed by atoms with van der Waals surface area (Å²) in [7, 11) is 0. The summed E-state index contributed by atoms with van der Waals surface area (Å²) in [5, 5.41) is 4.66. The van der Waals surface area contributed by atoms with E-state index in [0.717, 1.165) is 50.1 Å². The lowest BCUT2D eigenvalue weighted by atomic mass is 9.98. The third-order valence-corrected chi connectivity index (χ3v) is 11.6. The number of nitrogens with zero attached hydrogens (tertiary/aromatic N) is 1. The molecule has 8 aromatic carbocycles. The summed E-state index contributed by atoms with van der Waals surface area (Å²) in [4.78, 5) is 2.40. The van der Waals surface area contributed by atoms with E-state index < -0.39 is 0 Å². The van der Waals surface area contributed by atoms with Crippen LogP contribution in [0.3, 0.4) is 0 Å². The summed E-state index contributed by atoms with van der Waals surface area (Å²) >= 11 is 1.86. The highest BCUT2D eigenvalue weighted by molar-refractivity contribution is 7.26. The Labute approximate surface area is 324 Å². The molecule has 2 aromatic heterocycles. The fourth-order valence-electron chi connectivity index (χ4n) is 7.83. The van der Waals surface area contributed by atoms with Gasteiger partial charge in [0.05, 0.1) is 11.4 Å². The van der Waals surface area contributed by atoms with E-state index in [-0.39, 0.29) is 0 Å². The van der Waals surface area contributed by atoms with Gasteiger partial charge in [-0.1, -0.05) is 158 Å². The van der Waals surface area contributed by atoms with Crippen molar-refractivity contribution in [2.75, 3.05) is 4.90 Å². The van der Waals surface area contributed by atoms with Crippen molar-refractivity contribution in [2.45, 2.75) is 0 Å². The van der Waals surface area contributed by atoms with Gasteiger partial charge in [-0.15, -0.1) is 11.3 Å². The predicted molar refractivity (Wildman–Crippen MR) is 237 cm³/mol. The van der Waals surface area contributed by atoms with E-state index in [1.165, 1.54) is 48.0 Å². The van der Waals surface area contributed by atoms with E-state index in [9.17, 15) is 0 Å². The second-order valence-electron chi connectivity index (χ2n) is 13.7. The monoisotopic (exact) mass is 721 g/mol. The van der Waals surface area contributed by atoms with Gasteiger partial charge in [-0.25, -0.2) is 0 Å². The van der Waals surface area contributed by atoms with Crippen LogP contribution < -0.4 is 4.90 Å². The van der Waals surface area contributed by atoms with E-state index in [4.69, 9.17) is 4.42 Å². The first-order valence-electron chi connectivity index (χ1n) is 18.5. The Hall–Kier alpha value is -6.94. The molecule has 0 spiro atoms. The molecule has 10 rings (SSSR count). The first-order chi connectivity index (χ1) is 27.2. The van der Waals surface area contributed by atoms with Crippen LogP contribution in [-0.2, 0) is 0 Å². The number of allylic oxidation sites excluding steroid dienone is 2. The summed E-state index contributed by atoms with van der Waals surface area (Å²) < 4.78 is 9.20. The van der Waals surface area contributed by atoms with E-state index in [0.29, 0.717) is 0 Å². The SMILES string of the molecule is C=C/C=C\c1ccccc1N(c1ccc2c(c1)oc1cc(-c3ccccc3)ccc12)c1ccc(-c2ccccc2)c2sc3cc(-c4ccccc4)ccc3c12. The van der Waals surface area contributed by atoms with Crippen LogP contribution in [0.15, 0.2) is 205 Å². The third-order valence-electron chi connectivity index (χ3n) is 10.4. The zero-order chi connectivity index (χ0) is 36.7. The fourth-order valence-corrected chi connectivity index (χ4v) is 9.13. The summed E-state index contributed by atoms with van der Waals surface area (Å²) in [6.07, 6.45) is 5.96. The smallest absolute Gasteiger partial charge is 0.137 e. The van der Waals surface area contributed by atoms with E-state index >= 15 is 0 Å². The van der Waals surface area contributed by atoms with Crippen LogP contribution in [-0.4, -0.2) is 0 Å². The van der Waals surface area contributed by atoms with Gasteiger partial charge < -0.3 is 9.32 Å². The van der Waals surface area contributed by atoms with Gasteiger partial charge in [0.15, 0.2) is 0 Å². The Morgan fingerprint density at radius 2 is 1.09 bits per heavy atom. The van der Waals surface area contributed by atoms with E-state index in [1.807, 2.05) is 29.6 Å². The molecule has 0 saturated carbocycles. The van der Waals surface area contributed by atoms with Crippen molar-refractivity contribution in [2.24, 2.45) is 0 Å². The molecular formula is C52H35NOS. The number of para-hydroxylation sites is 1. The lowest BCUT2D eigenvalue weighted by Crippen LogP contribution is -2.11. The van der Waals surface area contributed by atoms with Crippen molar-refractivity contribution in [1.29, 1.82) is 0 Å². The second kappa shape index (κ2) is 13.8. The minimum absolute atomic E-state index is 0.849. The molecule has 0 aliphatic rings. The van der Waals surface area contributed by atoms with Crippen LogP contribution in [0.1, 0.15) is 5.56 Å². The second-order valence-corrected chi connectivity index (χ2v) is 14.8. The first-order valence-corrected chi connectivity index (χ1v) is 19.4. The van der Waals surface area contributed by atoms with Gasteiger partial charge in [0, 0.05) is 42.7 Å². The highest BCUT2D eigenvalue weighted by Crippen LogP contribution is 2.50. The number of furan rings is 1. The van der Waals surface area contributed by atoms with Crippen molar-refractivity contribution < 1.29 is 4.42 Å². The number of rotatable bonds is 8. The molecule has 0 unspecified atom stereocenters. The van der Waals surface area contributed by atoms with Gasteiger partial charge in [-0.2, -0.15) is 0 Å². The van der Waals surface area contributed by atoms with Crippen LogP contribution in [0.4, 0.5) is 17.1 Å². The van der Waals surface area contributed by atoms with Gasteiger partial charge in [0.2, 0.25) is 0 Å². The molecule has 0 amide bonds. The third kappa shape index (κ3) is 5.83. The average molecular weight is 722 g/mol. The Kier molecular flexibility index (Phi) is 8.20. The normalized spacial score (nSPS) is 11.6. The molecule has 260 valence electrons. The number of benzene rings is 8. The van der Waals surface area contributed by atoms with E-state index in [2.05, 4.69) is 193 Å². The zero-order valence-corrected chi connectivity index (χ0v) is 30.8. The maximum Gasteiger partial charge on any atom is 0.137 e. The van der Waals surface area contributed by atoms with E-state index in [1.54, 1.807) is 0 Å². The minimum atomic E-state index is 0.849. The predicted octanol–water partition coefficient (Wildman–Crippen LogP) is 15.6. The van der Waals surface area contributed by atoms with Gasteiger partial charge in [-0.05, 0) is 81.4 Å². The summed E-state index contributed by atoms with van der Waals surface area (Å²) in [6.45, 7) is 3.97. The molecule has 0 atom stereocenters. The maximum absolute atomic E-state index is 6.70. The Bertz CT molecular complexity index is 3050. The van der Waals surface area contributed by atoms with Crippen LogP contribution in [0, 0.1) is 0 Å². The van der Waals surface area contributed by atoms with Crippen molar-refractivity contribution >= 4 is 76.6 Å². The molecule has 0 aliphatic carbocycles. The Morgan fingerprint density at radius 1 is 0.491 bits per heavy atom. The molecule has 55 heavy (non-hydrogen) atoms. The molecule has 3 heteroatoms. The van der Waals surface area contributed by atoms with Crippen molar-refractivity contribution in [3.8, 4) is 33.4 Å². The molecule has 10 aromatic rings. The van der Waals surface area contributed by atoms with Crippen LogP contribution in [0.2, 0.25) is 0 Å². The quantitative estimate of drug-likeness (QED) is 0.145. The summed E-state index contributed by atoms with van der Waals surface area (Å²) in [5.41, 5.74) is 13.2. The largest absolute Gasteiger partial charge is 0.456 e. The van der Waals surface area contributed by atoms with Crippen molar-refractivity contribution in [3.63, 3.8) is 0 Å². The topological polar surface area (TPSA) is 16.4 Å². The van der Waals surface area contributed by atoms with Crippen LogP contribution >= 0.6 is 11.3 Å². The lowest BCUT2D eigenvalue weighted by Gasteiger charge is -2.28. The molecule has 0 radical (unpaired) electrons. The molecule has 0 fully saturated rings. The molecule has 2 heterocycles. The molecule has 0 bridgehead atoms. The van der Waals surface area contributed by atoms with Gasteiger partial charge in [-0.3, -0.25) is 0 Å². The van der Waals surface area contributed by atoms with Gasteiger partial charge in [0.1, 0.15) is 11.2 Å². The molecular weight excluding hydrogens is 687 g/mol. The lowest BCUT2D eigenvalue weighted by molar-refractivity contribution is 0.669. The highest BCUT2D eigenvalue weighted by Gasteiger charge is 2.23. The highest BCUT2D eigenvalue weighted by atomic mass is 32.1. The van der Waals surface area contributed by atoms with Crippen molar-refractivity contribution in [1.82, 2.24) is 0 Å². The minimum Gasteiger partial charge on any atom is -0.456 e.